The fourth-order valence-electron chi connectivity index (χ4n) is 3.20. The van der Waals surface area contributed by atoms with E-state index in [1.807, 2.05) is 12.2 Å². The lowest BCUT2D eigenvalue weighted by molar-refractivity contribution is -0.140. The van der Waals surface area contributed by atoms with Gasteiger partial charge in [-0.05, 0) is 0 Å². The quantitative estimate of drug-likeness (QED) is 0.404. The van der Waals surface area contributed by atoms with Gasteiger partial charge in [0.2, 0.25) is 17.7 Å². The largest absolute Gasteiger partial charge is 0.328 e. The SMILES string of the molecule is CC(=O)N1[C@@H]2C=C[C@H]1[C@H]1C(=O)N(C)C(=O)[C@H]12. The molecule has 0 radical (unpaired) electrons. The molecule has 3 rings (SSSR count). The molecule has 0 unspecified atom stereocenters. The number of imide groups is 1. The van der Waals surface area contributed by atoms with E-state index in [1.54, 1.807) is 4.90 Å². The molecule has 0 saturated carbocycles. The summed E-state index contributed by atoms with van der Waals surface area (Å²) in [5, 5.41) is 0. The summed E-state index contributed by atoms with van der Waals surface area (Å²) in [6.45, 7) is 1.48. The van der Waals surface area contributed by atoms with Gasteiger partial charge >= 0.3 is 0 Å². The topological polar surface area (TPSA) is 57.7 Å². The number of likely N-dealkylation sites (tertiary alicyclic amines) is 1. The molecule has 5 heteroatoms. The van der Waals surface area contributed by atoms with Crippen LogP contribution < -0.4 is 0 Å². The average Bonchev–Trinajstić information content (AvgIpc) is 2.85. The lowest BCUT2D eigenvalue weighted by Crippen LogP contribution is -2.41. The van der Waals surface area contributed by atoms with Crippen LogP contribution in [0, 0.1) is 11.8 Å². The van der Waals surface area contributed by atoms with Crippen molar-refractivity contribution in [2.45, 2.75) is 19.0 Å². The summed E-state index contributed by atoms with van der Waals surface area (Å²) in [6, 6.07) is -0.428. The Labute approximate surface area is 92.7 Å². The number of carbonyl (C=O) groups is 3. The summed E-state index contributed by atoms with van der Waals surface area (Å²) in [6.07, 6.45) is 3.75. The van der Waals surface area contributed by atoms with E-state index in [4.69, 9.17) is 0 Å². The lowest BCUT2D eigenvalue weighted by Gasteiger charge is -2.23. The van der Waals surface area contributed by atoms with E-state index >= 15 is 0 Å². The van der Waals surface area contributed by atoms with Crippen molar-refractivity contribution < 1.29 is 14.4 Å². The average molecular weight is 220 g/mol. The lowest BCUT2D eigenvalue weighted by atomic mass is 9.85. The minimum atomic E-state index is -0.351. The van der Waals surface area contributed by atoms with Gasteiger partial charge in [-0.15, -0.1) is 0 Å². The third-order valence-corrected chi connectivity index (χ3v) is 3.87. The molecule has 0 aromatic heterocycles. The van der Waals surface area contributed by atoms with E-state index in [0.717, 1.165) is 0 Å². The van der Waals surface area contributed by atoms with Gasteiger partial charge in [0.1, 0.15) is 0 Å². The predicted molar refractivity (Wildman–Crippen MR) is 54.0 cm³/mol. The maximum Gasteiger partial charge on any atom is 0.235 e. The maximum atomic E-state index is 11.9. The van der Waals surface area contributed by atoms with E-state index in [-0.39, 0.29) is 41.6 Å². The van der Waals surface area contributed by atoms with Crippen molar-refractivity contribution in [2.75, 3.05) is 7.05 Å². The molecule has 3 aliphatic heterocycles. The summed E-state index contributed by atoms with van der Waals surface area (Å²) in [7, 11) is 1.51. The van der Waals surface area contributed by atoms with E-state index < -0.39 is 0 Å². The van der Waals surface area contributed by atoms with Crippen LogP contribution in [0.4, 0.5) is 0 Å². The minimum absolute atomic E-state index is 0.0716. The second-order valence-corrected chi connectivity index (χ2v) is 4.58. The fraction of sp³-hybridized carbons (Fsp3) is 0.545. The third kappa shape index (κ3) is 0.847. The number of hydrogen-bond donors (Lipinski definition) is 0. The van der Waals surface area contributed by atoms with Crippen molar-refractivity contribution >= 4 is 17.7 Å². The molecule has 2 saturated heterocycles. The molecule has 2 fully saturated rings. The van der Waals surface area contributed by atoms with Crippen LogP contribution in [0.5, 0.6) is 0 Å². The zero-order valence-corrected chi connectivity index (χ0v) is 9.08. The Balaban J connectivity index is 2.05. The van der Waals surface area contributed by atoms with E-state index in [0.29, 0.717) is 0 Å². The van der Waals surface area contributed by atoms with Gasteiger partial charge in [0.25, 0.3) is 0 Å². The second-order valence-electron chi connectivity index (χ2n) is 4.58. The van der Waals surface area contributed by atoms with Crippen molar-refractivity contribution in [1.82, 2.24) is 9.80 Å². The Morgan fingerprint density at radius 3 is 1.94 bits per heavy atom. The number of carbonyl (C=O) groups excluding carboxylic acids is 3. The molecular formula is C11H12N2O3. The molecule has 2 bridgehead atoms. The van der Waals surface area contributed by atoms with Crippen molar-refractivity contribution in [3.63, 3.8) is 0 Å². The van der Waals surface area contributed by atoms with E-state index in [9.17, 15) is 14.4 Å². The molecule has 3 heterocycles. The number of nitrogens with zero attached hydrogens (tertiary/aromatic N) is 2. The minimum Gasteiger partial charge on any atom is -0.328 e. The first-order chi connectivity index (χ1) is 7.54. The Bertz CT molecular complexity index is 411. The standard InChI is InChI=1S/C11H12N2O3/c1-5(14)13-6-3-4-7(13)9-8(6)10(15)12(2)11(9)16/h3-4,6-9H,1-2H3/t6-,7+,8+,9-. The van der Waals surface area contributed by atoms with Gasteiger partial charge in [0, 0.05) is 14.0 Å². The summed E-state index contributed by atoms with van der Waals surface area (Å²) in [4.78, 5) is 38.1. The highest BCUT2D eigenvalue weighted by atomic mass is 16.2. The molecule has 5 nitrogen and oxygen atoms in total. The summed E-state index contributed by atoms with van der Waals surface area (Å²) in [5.41, 5.74) is 0. The molecule has 4 atom stereocenters. The Morgan fingerprint density at radius 2 is 1.56 bits per heavy atom. The fourth-order valence-corrected chi connectivity index (χ4v) is 3.20. The van der Waals surface area contributed by atoms with Gasteiger partial charge < -0.3 is 4.90 Å². The van der Waals surface area contributed by atoms with Crippen LogP contribution in [-0.4, -0.2) is 46.7 Å². The smallest absolute Gasteiger partial charge is 0.235 e. The second kappa shape index (κ2) is 2.72. The van der Waals surface area contributed by atoms with Crippen molar-refractivity contribution in [2.24, 2.45) is 11.8 Å². The number of fused-ring (bicyclic) bond motifs is 5. The van der Waals surface area contributed by atoms with Crippen molar-refractivity contribution in [1.29, 1.82) is 0 Å². The van der Waals surface area contributed by atoms with Crippen LogP contribution in [0.1, 0.15) is 6.92 Å². The van der Waals surface area contributed by atoms with Gasteiger partial charge in [0.05, 0.1) is 23.9 Å². The molecule has 84 valence electrons. The van der Waals surface area contributed by atoms with Crippen LogP contribution >= 0.6 is 0 Å². The Hall–Kier alpha value is -1.65. The van der Waals surface area contributed by atoms with Gasteiger partial charge in [-0.1, -0.05) is 12.2 Å². The summed E-state index contributed by atoms with van der Waals surface area (Å²) in [5.74, 6) is -1.08. The zero-order valence-electron chi connectivity index (χ0n) is 9.08. The van der Waals surface area contributed by atoms with E-state index in [2.05, 4.69) is 0 Å². The number of amides is 3. The number of rotatable bonds is 0. The predicted octanol–water partition coefficient (Wildman–Crippen LogP) is -0.614. The molecule has 0 aromatic carbocycles. The Morgan fingerprint density at radius 1 is 1.12 bits per heavy atom. The Kier molecular flexibility index (Phi) is 1.63. The molecular weight excluding hydrogens is 208 g/mol. The van der Waals surface area contributed by atoms with Gasteiger partial charge in [-0.25, -0.2) is 0 Å². The molecule has 0 spiro atoms. The van der Waals surface area contributed by atoms with Gasteiger partial charge in [-0.3, -0.25) is 19.3 Å². The highest BCUT2D eigenvalue weighted by Crippen LogP contribution is 2.46. The number of hydrogen-bond acceptors (Lipinski definition) is 3. The van der Waals surface area contributed by atoms with Crippen molar-refractivity contribution in [3.05, 3.63) is 12.2 Å². The van der Waals surface area contributed by atoms with Crippen molar-refractivity contribution in [3.8, 4) is 0 Å². The molecule has 0 N–H and O–H groups in total. The van der Waals surface area contributed by atoms with Crippen LogP contribution in [0.2, 0.25) is 0 Å². The summed E-state index contributed by atoms with van der Waals surface area (Å²) < 4.78 is 0. The van der Waals surface area contributed by atoms with Gasteiger partial charge in [-0.2, -0.15) is 0 Å². The highest BCUT2D eigenvalue weighted by molar-refractivity contribution is 6.07. The highest BCUT2D eigenvalue weighted by Gasteiger charge is 2.62. The first-order valence-corrected chi connectivity index (χ1v) is 5.32. The first kappa shape index (κ1) is 9.57. The molecule has 0 aromatic rings. The van der Waals surface area contributed by atoms with Gasteiger partial charge in [0.15, 0.2) is 0 Å². The third-order valence-electron chi connectivity index (χ3n) is 3.87. The van der Waals surface area contributed by atoms with Crippen LogP contribution in [0.25, 0.3) is 0 Å². The first-order valence-electron chi connectivity index (χ1n) is 5.32. The molecule has 16 heavy (non-hydrogen) atoms. The normalized spacial score (nSPS) is 39.9. The molecule has 3 amide bonds. The van der Waals surface area contributed by atoms with Crippen LogP contribution in [0.3, 0.4) is 0 Å². The molecule has 0 aliphatic carbocycles. The van der Waals surface area contributed by atoms with Crippen LogP contribution in [0.15, 0.2) is 12.2 Å². The monoisotopic (exact) mass is 220 g/mol. The zero-order chi connectivity index (χ0) is 11.6. The maximum absolute atomic E-state index is 11.9. The summed E-state index contributed by atoms with van der Waals surface area (Å²) >= 11 is 0. The molecule has 3 aliphatic rings. The van der Waals surface area contributed by atoms with Crippen LogP contribution in [-0.2, 0) is 14.4 Å². The van der Waals surface area contributed by atoms with E-state index in [1.165, 1.54) is 18.9 Å².